The number of anilines is 2. The molecule has 0 aliphatic rings. The number of halogens is 2. The third kappa shape index (κ3) is 4.55. The summed E-state index contributed by atoms with van der Waals surface area (Å²) < 4.78 is 15.8. The summed E-state index contributed by atoms with van der Waals surface area (Å²) in [6, 6.07) is 14.9. The number of nitrogens with zero attached hydrogens (tertiary/aromatic N) is 3. The van der Waals surface area contributed by atoms with E-state index in [1.165, 1.54) is 17.0 Å². The molecule has 0 aliphatic heterocycles. The van der Waals surface area contributed by atoms with Gasteiger partial charge in [-0.05, 0) is 31.2 Å². The van der Waals surface area contributed by atoms with Crippen LogP contribution in [0.25, 0.3) is 5.82 Å². The highest BCUT2D eigenvalue weighted by Crippen LogP contribution is 2.25. The fourth-order valence-electron chi connectivity index (χ4n) is 3.16. The first-order valence-electron chi connectivity index (χ1n) is 9.73. The molecule has 9 heteroatoms. The van der Waals surface area contributed by atoms with Gasteiger partial charge in [0.05, 0.1) is 28.5 Å². The fourth-order valence-corrected chi connectivity index (χ4v) is 3.34. The summed E-state index contributed by atoms with van der Waals surface area (Å²) in [7, 11) is 0. The largest absolute Gasteiger partial charge is 0.508 e. The van der Waals surface area contributed by atoms with Gasteiger partial charge in [-0.25, -0.2) is 9.37 Å². The summed E-state index contributed by atoms with van der Waals surface area (Å²) in [5.74, 6) is -0.799. The highest BCUT2D eigenvalue weighted by molar-refractivity contribution is 6.33. The van der Waals surface area contributed by atoms with Crippen molar-refractivity contribution in [3.63, 3.8) is 0 Å². The van der Waals surface area contributed by atoms with Crippen molar-refractivity contribution in [2.45, 2.75) is 13.0 Å². The molecule has 2 aromatic carbocycles. The molecule has 1 unspecified atom stereocenters. The number of aromatic hydroxyl groups is 1. The monoisotopic (exact) mass is 451 g/mol. The quantitative estimate of drug-likeness (QED) is 0.383. The molecule has 0 spiro atoms. The minimum atomic E-state index is -0.653. The van der Waals surface area contributed by atoms with Crippen molar-refractivity contribution in [3.8, 4) is 11.6 Å². The van der Waals surface area contributed by atoms with Gasteiger partial charge in [0.15, 0.2) is 11.6 Å². The standard InChI is InChI=1S/C23H19ClFN5O2/c1-14(16-6-2-5-9-20(16)31)27-22(32)15-10-11-30(13-15)21-18(25)12-26-23(29-21)28-19-8-4-3-7-17(19)24/h2-14,31H,1H3,(H,27,32)(H,26,28,29). The molecule has 2 heterocycles. The van der Waals surface area contributed by atoms with Gasteiger partial charge in [0, 0.05) is 18.0 Å². The zero-order chi connectivity index (χ0) is 22.7. The Labute approximate surface area is 188 Å². The minimum Gasteiger partial charge on any atom is -0.508 e. The van der Waals surface area contributed by atoms with Crippen molar-refractivity contribution in [1.29, 1.82) is 0 Å². The molecule has 4 aromatic rings. The summed E-state index contributed by atoms with van der Waals surface area (Å²) in [6.07, 6.45) is 4.05. The first-order valence-corrected chi connectivity index (χ1v) is 10.1. The third-order valence-electron chi connectivity index (χ3n) is 4.80. The molecule has 0 saturated heterocycles. The number of phenols is 1. The van der Waals surface area contributed by atoms with E-state index in [1.54, 1.807) is 61.5 Å². The number of rotatable bonds is 6. The average molecular weight is 452 g/mol. The van der Waals surface area contributed by atoms with Gasteiger partial charge < -0.3 is 20.3 Å². The first-order chi connectivity index (χ1) is 15.4. The zero-order valence-electron chi connectivity index (χ0n) is 17.0. The Balaban J connectivity index is 1.53. The molecule has 4 rings (SSSR count). The van der Waals surface area contributed by atoms with E-state index in [-0.39, 0.29) is 23.4 Å². The van der Waals surface area contributed by atoms with Crippen LogP contribution in [0, 0.1) is 5.82 Å². The van der Waals surface area contributed by atoms with E-state index >= 15 is 0 Å². The van der Waals surface area contributed by atoms with Gasteiger partial charge in [-0.15, -0.1) is 0 Å². The number of amides is 1. The molecule has 1 atom stereocenters. The predicted octanol–water partition coefficient (Wildman–Crippen LogP) is 5.00. The smallest absolute Gasteiger partial charge is 0.253 e. The Bertz CT molecular complexity index is 1280. The number of phenolic OH excluding ortho intramolecular Hbond substituents is 1. The molecule has 0 saturated carbocycles. The summed E-state index contributed by atoms with van der Waals surface area (Å²) >= 11 is 6.14. The number of hydrogen-bond acceptors (Lipinski definition) is 5. The van der Waals surface area contributed by atoms with Gasteiger partial charge in [0.2, 0.25) is 5.95 Å². The zero-order valence-corrected chi connectivity index (χ0v) is 17.7. The van der Waals surface area contributed by atoms with Crippen molar-refractivity contribution in [2.75, 3.05) is 5.32 Å². The van der Waals surface area contributed by atoms with Crippen LogP contribution >= 0.6 is 11.6 Å². The number of carbonyl (C=O) groups excluding carboxylic acids is 1. The lowest BCUT2D eigenvalue weighted by atomic mass is 10.1. The maximum Gasteiger partial charge on any atom is 0.253 e. The number of carbonyl (C=O) groups is 1. The van der Waals surface area contributed by atoms with Gasteiger partial charge in [-0.3, -0.25) is 4.79 Å². The molecule has 0 fully saturated rings. The van der Waals surface area contributed by atoms with E-state index < -0.39 is 11.9 Å². The molecule has 0 bridgehead atoms. The highest BCUT2D eigenvalue weighted by Gasteiger charge is 2.17. The molecule has 0 radical (unpaired) electrons. The predicted molar refractivity (Wildman–Crippen MR) is 120 cm³/mol. The molecule has 1 amide bonds. The van der Waals surface area contributed by atoms with Crippen LogP contribution < -0.4 is 10.6 Å². The van der Waals surface area contributed by atoms with Crippen molar-refractivity contribution in [2.24, 2.45) is 0 Å². The van der Waals surface area contributed by atoms with Crippen molar-refractivity contribution in [3.05, 3.63) is 95.2 Å². The van der Waals surface area contributed by atoms with Crippen molar-refractivity contribution in [1.82, 2.24) is 19.9 Å². The van der Waals surface area contributed by atoms with Crippen molar-refractivity contribution < 1.29 is 14.3 Å². The van der Waals surface area contributed by atoms with Crippen LogP contribution in [0.5, 0.6) is 5.75 Å². The second kappa shape index (κ2) is 9.07. The number of para-hydroxylation sites is 2. The Hall–Kier alpha value is -3.91. The van der Waals surface area contributed by atoms with Crippen LogP contribution in [0.2, 0.25) is 5.02 Å². The minimum absolute atomic E-state index is 0.0256. The van der Waals surface area contributed by atoms with Crippen LogP contribution in [-0.4, -0.2) is 25.5 Å². The summed E-state index contributed by atoms with van der Waals surface area (Å²) in [6.45, 7) is 1.76. The maximum atomic E-state index is 14.4. The van der Waals surface area contributed by atoms with E-state index in [0.717, 1.165) is 6.20 Å². The molecule has 2 aromatic heterocycles. The number of hydrogen-bond donors (Lipinski definition) is 3. The summed E-state index contributed by atoms with van der Waals surface area (Å²) in [5.41, 5.74) is 1.49. The van der Waals surface area contributed by atoms with Gasteiger partial charge in [-0.1, -0.05) is 41.9 Å². The van der Waals surface area contributed by atoms with Gasteiger partial charge in [0.1, 0.15) is 5.75 Å². The van der Waals surface area contributed by atoms with E-state index in [4.69, 9.17) is 11.6 Å². The summed E-state index contributed by atoms with van der Waals surface area (Å²) in [5, 5.41) is 16.2. The lowest BCUT2D eigenvalue weighted by Crippen LogP contribution is -2.26. The average Bonchev–Trinajstić information content (AvgIpc) is 3.27. The van der Waals surface area contributed by atoms with Crippen LogP contribution in [-0.2, 0) is 0 Å². The Morgan fingerprint density at radius 2 is 1.91 bits per heavy atom. The second-order valence-electron chi connectivity index (χ2n) is 7.03. The second-order valence-corrected chi connectivity index (χ2v) is 7.44. The molecular formula is C23H19ClFN5O2. The Morgan fingerprint density at radius 1 is 1.16 bits per heavy atom. The van der Waals surface area contributed by atoms with Crippen molar-refractivity contribution >= 4 is 29.1 Å². The molecule has 3 N–H and O–H groups in total. The SMILES string of the molecule is CC(NC(=O)c1ccn(-c2nc(Nc3ccccc3Cl)ncc2F)c1)c1ccccc1O. The lowest BCUT2D eigenvalue weighted by Gasteiger charge is -2.15. The van der Waals surface area contributed by atoms with E-state index in [0.29, 0.717) is 21.8 Å². The normalized spacial score (nSPS) is 11.7. The van der Waals surface area contributed by atoms with Crippen LogP contribution in [0.4, 0.5) is 16.0 Å². The maximum absolute atomic E-state index is 14.4. The number of aromatic nitrogens is 3. The van der Waals surface area contributed by atoms with Gasteiger partial charge in [0.25, 0.3) is 5.91 Å². The highest BCUT2D eigenvalue weighted by atomic mass is 35.5. The molecule has 0 aliphatic carbocycles. The van der Waals surface area contributed by atoms with E-state index in [1.807, 2.05) is 0 Å². The third-order valence-corrected chi connectivity index (χ3v) is 5.13. The van der Waals surface area contributed by atoms with Crippen LogP contribution in [0.15, 0.2) is 73.2 Å². The summed E-state index contributed by atoms with van der Waals surface area (Å²) in [4.78, 5) is 20.8. The van der Waals surface area contributed by atoms with E-state index in [2.05, 4.69) is 20.6 Å². The Morgan fingerprint density at radius 3 is 2.69 bits per heavy atom. The first kappa shape index (κ1) is 21.3. The lowest BCUT2D eigenvalue weighted by molar-refractivity contribution is 0.0939. The fraction of sp³-hybridized carbons (Fsp3) is 0.0870. The van der Waals surface area contributed by atoms with Gasteiger partial charge >= 0.3 is 0 Å². The molecule has 162 valence electrons. The molecule has 7 nitrogen and oxygen atoms in total. The van der Waals surface area contributed by atoms with Crippen LogP contribution in [0.3, 0.4) is 0 Å². The number of nitrogens with one attached hydrogen (secondary N) is 2. The topological polar surface area (TPSA) is 92.1 Å². The molecular weight excluding hydrogens is 433 g/mol. The van der Waals surface area contributed by atoms with Crippen LogP contribution in [0.1, 0.15) is 28.9 Å². The molecule has 32 heavy (non-hydrogen) atoms. The van der Waals surface area contributed by atoms with E-state index in [9.17, 15) is 14.3 Å². The van der Waals surface area contributed by atoms with Gasteiger partial charge in [-0.2, -0.15) is 4.98 Å². The number of benzene rings is 2. The Kier molecular flexibility index (Phi) is 6.04.